The number of ether oxygens (including phenoxy) is 2. The summed E-state index contributed by atoms with van der Waals surface area (Å²) in [6, 6.07) is 4.04. The third-order valence-electron chi connectivity index (χ3n) is 4.09. The van der Waals surface area contributed by atoms with E-state index in [0.29, 0.717) is 13.2 Å². The van der Waals surface area contributed by atoms with Crippen LogP contribution in [0, 0.1) is 0 Å². The van der Waals surface area contributed by atoms with Crippen LogP contribution < -0.4 is 9.47 Å². The molecular formula is C15H17NO3. The van der Waals surface area contributed by atoms with Crippen molar-refractivity contribution < 1.29 is 14.3 Å². The van der Waals surface area contributed by atoms with Crippen LogP contribution in [0.3, 0.4) is 0 Å². The van der Waals surface area contributed by atoms with Gasteiger partial charge in [-0.3, -0.25) is 0 Å². The molecule has 0 amide bonds. The topological polar surface area (TPSA) is 47.9 Å². The van der Waals surface area contributed by atoms with Crippen molar-refractivity contribution in [2.75, 3.05) is 13.2 Å². The number of benzene rings is 1. The van der Waals surface area contributed by atoms with Crippen LogP contribution in [0.25, 0.3) is 0 Å². The van der Waals surface area contributed by atoms with E-state index in [9.17, 15) is 4.79 Å². The predicted molar refractivity (Wildman–Crippen MR) is 70.5 cm³/mol. The molecule has 0 atom stereocenters. The van der Waals surface area contributed by atoms with E-state index in [1.54, 1.807) is 6.08 Å². The fourth-order valence-electron chi connectivity index (χ4n) is 2.90. The van der Waals surface area contributed by atoms with Crippen LogP contribution in [0.2, 0.25) is 0 Å². The molecule has 1 aliphatic carbocycles. The summed E-state index contributed by atoms with van der Waals surface area (Å²) in [4.78, 5) is 14.8. The van der Waals surface area contributed by atoms with Crippen LogP contribution in [-0.2, 0) is 16.8 Å². The standard InChI is InChI=1S/C15H17NO3/c1-2-11-8-13-14(19-7-6-18-13)9-12(11)15(16-10-17)4-3-5-15/h8-9H,2-7H2,1H3. The van der Waals surface area contributed by atoms with E-state index in [0.717, 1.165) is 42.7 Å². The zero-order chi connectivity index (χ0) is 13.3. The molecule has 0 aromatic heterocycles. The Morgan fingerprint density at radius 1 is 1.26 bits per heavy atom. The van der Waals surface area contributed by atoms with Crippen LogP contribution in [0.1, 0.15) is 37.3 Å². The van der Waals surface area contributed by atoms with Gasteiger partial charge in [0.25, 0.3) is 0 Å². The number of hydrogen-bond acceptors (Lipinski definition) is 4. The molecule has 0 spiro atoms. The fourth-order valence-corrected chi connectivity index (χ4v) is 2.90. The zero-order valence-electron chi connectivity index (χ0n) is 11.1. The number of hydrogen-bond donors (Lipinski definition) is 0. The molecule has 3 rings (SSSR count). The third-order valence-corrected chi connectivity index (χ3v) is 4.09. The summed E-state index contributed by atoms with van der Waals surface area (Å²) < 4.78 is 11.3. The van der Waals surface area contributed by atoms with E-state index < -0.39 is 0 Å². The molecule has 1 aromatic carbocycles. The number of carbonyl (C=O) groups excluding carboxylic acids is 1. The van der Waals surface area contributed by atoms with Crippen molar-refractivity contribution in [1.29, 1.82) is 0 Å². The van der Waals surface area contributed by atoms with Crippen LogP contribution in [0.4, 0.5) is 0 Å². The van der Waals surface area contributed by atoms with Crippen LogP contribution in [0.15, 0.2) is 17.1 Å². The molecular weight excluding hydrogens is 242 g/mol. The maximum absolute atomic E-state index is 10.7. The van der Waals surface area contributed by atoms with Crippen molar-refractivity contribution in [2.24, 2.45) is 4.99 Å². The van der Waals surface area contributed by atoms with Gasteiger partial charge in [-0.25, -0.2) is 4.79 Å². The Morgan fingerprint density at radius 3 is 2.47 bits per heavy atom. The second-order valence-electron chi connectivity index (χ2n) is 5.09. The van der Waals surface area contributed by atoms with Crippen molar-refractivity contribution in [3.8, 4) is 11.5 Å². The van der Waals surface area contributed by atoms with E-state index in [1.807, 2.05) is 12.1 Å². The number of nitrogens with zero attached hydrogens (tertiary/aromatic N) is 1. The Kier molecular flexibility index (Phi) is 3.03. The van der Waals surface area contributed by atoms with Crippen molar-refractivity contribution in [2.45, 2.75) is 38.1 Å². The Labute approximate surface area is 112 Å². The van der Waals surface area contributed by atoms with Crippen molar-refractivity contribution in [3.63, 3.8) is 0 Å². The summed E-state index contributed by atoms with van der Waals surface area (Å²) in [7, 11) is 0. The fraction of sp³-hybridized carbons (Fsp3) is 0.533. The van der Waals surface area contributed by atoms with E-state index in [2.05, 4.69) is 11.9 Å². The third kappa shape index (κ3) is 1.92. The highest BCUT2D eigenvalue weighted by Gasteiger charge is 2.41. The Balaban J connectivity index is 2.11. The smallest absolute Gasteiger partial charge is 0.235 e. The van der Waals surface area contributed by atoms with Crippen molar-refractivity contribution >= 4 is 6.08 Å². The lowest BCUT2D eigenvalue weighted by Gasteiger charge is -2.39. The van der Waals surface area contributed by atoms with E-state index in [4.69, 9.17) is 9.47 Å². The summed E-state index contributed by atoms with van der Waals surface area (Å²) in [5.74, 6) is 1.57. The van der Waals surface area contributed by atoms with E-state index >= 15 is 0 Å². The molecule has 1 heterocycles. The molecule has 100 valence electrons. The van der Waals surface area contributed by atoms with Gasteiger partial charge in [-0.05, 0) is 48.9 Å². The maximum atomic E-state index is 10.7. The summed E-state index contributed by atoms with van der Waals surface area (Å²) in [5, 5.41) is 0. The summed E-state index contributed by atoms with van der Waals surface area (Å²) in [6.45, 7) is 3.26. The quantitative estimate of drug-likeness (QED) is 0.619. The zero-order valence-corrected chi connectivity index (χ0v) is 11.1. The van der Waals surface area contributed by atoms with Crippen LogP contribution in [0.5, 0.6) is 11.5 Å². The van der Waals surface area contributed by atoms with E-state index in [1.165, 1.54) is 5.56 Å². The molecule has 1 saturated carbocycles. The Bertz CT molecular complexity index is 543. The first kappa shape index (κ1) is 12.2. The molecule has 1 fully saturated rings. The monoisotopic (exact) mass is 259 g/mol. The minimum absolute atomic E-state index is 0.372. The highest BCUT2D eigenvalue weighted by Crippen LogP contribution is 2.48. The minimum atomic E-state index is -0.372. The van der Waals surface area contributed by atoms with Gasteiger partial charge < -0.3 is 9.47 Å². The molecule has 4 heteroatoms. The second kappa shape index (κ2) is 4.71. The second-order valence-corrected chi connectivity index (χ2v) is 5.09. The summed E-state index contributed by atoms with van der Waals surface area (Å²) >= 11 is 0. The van der Waals surface area contributed by atoms with Crippen LogP contribution in [-0.4, -0.2) is 19.3 Å². The summed E-state index contributed by atoms with van der Waals surface area (Å²) in [5.41, 5.74) is 1.92. The number of aliphatic imine (C=N–C) groups is 1. The first-order valence-electron chi connectivity index (χ1n) is 6.81. The van der Waals surface area contributed by atoms with Crippen LogP contribution >= 0.6 is 0 Å². The molecule has 0 saturated heterocycles. The number of aryl methyl sites for hydroxylation is 1. The van der Waals surface area contributed by atoms with Gasteiger partial charge in [-0.15, -0.1) is 0 Å². The Morgan fingerprint density at radius 2 is 1.95 bits per heavy atom. The van der Waals surface area contributed by atoms with Gasteiger partial charge >= 0.3 is 0 Å². The molecule has 0 radical (unpaired) electrons. The van der Waals surface area contributed by atoms with Gasteiger partial charge in [0.1, 0.15) is 13.2 Å². The lowest BCUT2D eigenvalue weighted by Crippen LogP contribution is -2.33. The average Bonchev–Trinajstić information content (AvgIpc) is 2.41. The molecule has 0 bridgehead atoms. The largest absolute Gasteiger partial charge is 0.486 e. The maximum Gasteiger partial charge on any atom is 0.235 e. The number of isocyanates is 1. The predicted octanol–water partition coefficient (Wildman–Crippen LogP) is 2.74. The van der Waals surface area contributed by atoms with Gasteiger partial charge in [0.2, 0.25) is 6.08 Å². The first-order chi connectivity index (χ1) is 9.29. The lowest BCUT2D eigenvalue weighted by molar-refractivity contribution is 0.169. The highest BCUT2D eigenvalue weighted by atomic mass is 16.6. The minimum Gasteiger partial charge on any atom is -0.486 e. The van der Waals surface area contributed by atoms with Crippen molar-refractivity contribution in [1.82, 2.24) is 0 Å². The van der Waals surface area contributed by atoms with Gasteiger partial charge in [0, 0.05) is 0 Å². The molecule has 19 heavy (non-hydrogen) atoms. The lowest BCUT2D eigenvalue weighted by atomic mass is 9.70. The molecule has 4 nitrogen and oxygen atoms in total. The van der Waals surface area contributed by atoms with Crippen molar-refractivity contribution in [3.05, 3.63) is 23.3 Å². The van der Waals surface area contributed by atoms with Gasteiger partial charge in [-0.2, -0.15) is 4.99 Å². The average molecular weight is 259 g/mol. The first-order valence-corrected chi connectivity index (χ1v) is 6.81. The normalized spacial score (nSPS) is 19.2. The molecule has 0 N–H and O–H groups in total. The van der Waals surface area contributed by atoms with Gasteiger partial charge in [0.05, 0.1) is 5.54 Å². The molecule has 1 aliphatic heterocycles. The Hall–Kier alpha value is -1.80. The van der Waals surface area contributed by atoms with E-state index in [-0.39, 0.29) is 5.54 Å². The number of fused-ring (bicyclic) bond motifs is 1. The SMILES string of the molecule is CCc1cc2c(cc1C1(N=C=O)CCC1)OCCO2. The van der Waals surface area contributed by atoms with Gasteiger partial charge in [0.15, 0.2) is 11.5 Å². The van der Waals surface area contributed by atoms with Gasteiger partial charge in [-0.1, -0.05) is 6.92 Å². The molecule has 0 unspecified atom stereocenters. The number of rotatable bonds is 3. The summed E-state index contributed by atoms with van der Waals surface area (Å²) in [6.07, 6.45) is 5.56. The highest BCUT2D eigenvalue weighted by molar-refractivity contribution is 5.52. The molecule has 1 aromatic rings. The molecule has 2 aliphatic rings.